The molecule has 24 heavy (non-hydrogen) atoms. The lowest BCUT2D eigenvalue weighted by atomic mass is 10.0. The number of pyridine rings is 1. The summed E-state index contributed by atoms with van der Waals surface area (Å²) in [6, 6.07) is 6.30. The summed E-state index contributed by atoms with van der Waals surface area (Å²) in [5.41, 5.74) is 0.741. The maximum absolute atomic E-state index is 12.7. The Morgan fingerprint density at radius 3 is 2.46 bits per heavy atom. The zero-order chi connectivity index (χ0) is 17.2. The van der Waals surface area contributed by atoms with Crippen molar-refractivity contribution in [2.24, 2.45) is 0 Å². The fourth-order valence-corrected chi connectivity index (χ4v) is 2.45. The van der Waals surface area contributed by atoms with E-state index in [1.165, 1.54) is 30.7 Å². The smallest absolute Gasteiger partial charge is 0.319 e. The third-order valence-electron chi connectivity index (χ3n) is 3.18. The predicted octanol–water partition coefficient (Wildman–Crippen LogP) is 3.87. The molecule has 0 spiro atoms. The summed E-state index contributed by atoms with van der Waals surface area (Å²) in [4.78, 5) is 16.3. The molecule has 0 fully saturated rings. The standard InChI is InChI=1S/C15H9F3N4OS/c16-15(17,18)10-3-1-9(2-4-10)11-5-6-19-7-12(11)21-14(23)13-8-20-22-24-13/h1-8H,(H,21,23). The summed E-state index contributed by atoms with van der Waals surface area (Å²) in [6.45, 7) is 0. The molecule has 0 aliphatic rings. The average Bonchev–Trinajstić information content (AvgIpc) is 3.09. The Bertz CT molecular complexity index is 848. The van der Waals surface area contributed by atoms with Gasteiger partial charge in [-0.25, -0.2) is 0 Å². The molecule has 5 nitrogen and oxygen atoms in total. The van der Waals surface area contributed by atoms with Gasteiger partial charge < -0.3 is 5.32 Å². The van der Waals surface area contributed by atoms with Crippen molar-refractivity contribution in [3.05, 3.63) is 59.4 Å². The number of halogens is 3. The van der Waals surface area contributed by atoms with Gasteiger partial charge >= 0.3 is 6.18 Å². The van der Waals surface area contributed by atoms with Crippen molar-refractivity contribution in [3.8, 4) is 11.1 Å². The third kappa shape index (κ3) is 3.40. The van der Waals surface area contributed by atoms with Crippen molar-refractivity contribution in [1.82, 2.24) is 14.6 Å². The van der Waals surface area contributed by atoms with Crippen LogP contribution in [0.2, 0.25) is 0 Å². The highest BCUT2D eigenvalue weighted by Gasteiger charge is 2.30. The number of carbonyl (C=O) groups is 1. The molecule has 1 N–H and O–H groups in total. The molecule has 0 aliphatic carbocycles. The van der Waals surface area contributed by atoms with E-state index >= 15 is 0 Å². The number of carbonyl (C=O) groups excluding carboxylic acids is 1. The number of hydrogen-bond acceptors (Lipinski definition) is 5. The Labute approximate surface area is 138 Å². The SMILES string of the molecule is O=C(Nc1cnccc1-c1ccc(C(F)(F)F)cc1)c1cnns1. The highest BCUT2D eigenvalue weighted by atomic mass is 32.1. The molecule has 3 rings (SSSR count). The molecule has 3 aromatic rings. The van der Waals surface area contributed by atoms with Crippen molar-refractivity contribution in [2.45, 2.75) is 6.18 Å². The molecule has 2 heterocycles. The molecular weight excluding hydrogens is 341 g/mol. The Balaban J connectivity index is 1.90. The van der Waals surface area contributed by atoms with Crippen LogP contribution in [0.5, 0.6) is 0 Å². The van der Waals surface area contributed by atoms with Crippen LogP contribution < -0.4 is 5.32 Å². The minimum atomic E-state index is -4.40. The minimum absolute atomic E-state index is 0.317. The first-order chi connectivity index (χ1) is 11.4. The number of amides is 1. The largest absolute Gasteiger partial charge is 0.416 e. The van der Waals surface area contributed by atoms with Crippen LogP contribution in [0.15, 0.2) is 48.9 Å². The van der Waals surface area contributed by atoms with Crippen molar-refractivity contribution in [2.75, 3.05) is 5.32 Å². The van der Waals surface area contributed by atoms with Gasteiger partial charge in [0.05, 0.1) is 23.6 Å². The fraction of sp³-hybridized carbons (Fsp3) is 0.0667. The molecule has 1 aromatic carbocycles. The van der Waals surface area contributed by atoms with Gasteiger partial charge in [0.25, 0.3) is 5.91 Å². The number of benzene rings is 1. The maximum atomic E-state index is 12.7. The molecular formula is C15H9F3N4OS. The van der Waals surface area contributed by atoms with Gasteiger partial charge in [0, 0.05) is 11.8 Å². The van der Waals surface area contributed by atoms with Crippen LogP contribution in [0.25, 0.3) is 11.1 Å². The van der Waals surface area contributed by atoms with E-state index in [-0.39, 0.29) is 0 Å². The average molecular weight is 350 g/mol. The summed E-state index contributed by atoms with van der Waals surface area (Å²) in [7, 11) is 0. The molecule has 0 radical (unpaired) electrons. The first kappa shape index (κ1) is 16.1. The number of anilines is 1. The van der Waals surface area contributed by atoms with Crippen LogP contribution in [0.3, 0.4) is 0 Å². The highest BCUT2D eigenvalue weighted by Crippen LogP contribution is 2.33. The van der Waals surface area contributed by atoms with Gasteiger partial charge in [-0.1, -0.05) is 16.6 Å². The predicted molar refractivity (Wildman–Crippen MR) is 82.5 cm³/mol. The van der Waals surface area contributed by atoms with E-state index in [4.69, 9.17) is 0 Å². The Hall–Kier alpha value is -2.81. The van der Waals surface area contributed by atoms with Gasteiger partial charge in [0.15, 0.2) is 0 Å². The summed E-state index contributed by atoms with van der Waals surface area (Å²) in [6.07, 6.45) is -0.141. The van der Waals surface area contributed by atoms with Gasteiger partial charge in [-0.2, -0.15) is 13.2 Å². The molecule has 0 bridgehead atoms. The van der Waals surface area contributed by atoms with Crippen LogP contribution in [0.4, 0.5) is 18.9 Å². The number of hydrogen-bond donors (Lipinski definition) is 1. The monoisotopic (exact) mass is 350 g/mol. The van der Waals surface area contributed by atoms with Crippen LogP contribution in [-0.2, 0) is 6.18 Å². The summed E-state index contributed by atoms with van der Waals surface area (Å²) >= 11 is 0.938. The summed E-state index contributed by atoms with van der Waals surface area (Å²) < 4.78 is 41.6. The molecule has 0 atom stereocenters. The van der Waals surface area contributed by atoms with E-state index in [0.29, 0.717) is 21.7 Å². The zero-order valence-corrected chi connectivity index (χ0v) is 12.7. The Morgan fingerprint density at radius 1 is 1.08 bits per heavy atom. The quantitative estimate of drug-likeness (QED) is 0.779. The fourth-order valence-electron chi connectivity index (χ4n) is 2.04. The Morgan fingerprint density at radius 2 is 1.83 bits per heavy atom. The van der Waals surface area contributed by atoms with Crippen molar-refractivity contribution in [3.63, 3.8) is 0 Å². The van der Waals surface area contributed by atoms with Crippen LogP contribution in [0.1, 0.15) is 15.2 Å². The van der Waals surface area contributed by atoms with Crippen molar-refractivity contribution >= 4 is 23.1 Å². The Kier molecular flexibility index (Phi) is 4.26. The first-order valence-corrected chi connectivity index (χ1v) is 7.43. The summed E-state index contributed by atoms with van der Waals surface area (Å²) in [5, 5.41) is 6.25. The second-order valence-corrected chi connectivity index (χ2v) is 5.52. The van der Waals surface area contributed by atoms with E-state index in [9.17, 15) is 18.0 Å². The normalized spacial score (nSPS) is 11.3. The van der Waals surface area contributed by atoms with Gasteiger partial charge in [-0.05, 0) is 35.3 Å². The van der Waals surface area contributed by atoms with E-state index in [1.54, 1.807) is 6.07 Å². The molecule has 0 unspecified atom stereocenters. The molecule has 1 amide bonds. The third-order valence-corrected chi connectivity index (χ3v) is 3.84. The van der Waals surface area contributed by atoms with E-state index in [0.717, 1.165) is 23.7 Å². The number of nitrogens with one attached hydrogen (secondary N) is 1. The second kappa shape index (κ2) is 6.36. The molecule has 0 aliphatic heterocycles. The van der Waals surface area contributed by atoms with E-state index in [1.807, 2.05) is 0 Å². The zero-order valence-electron chi connectivity index (χ0n) is 11.9. The lowest BCUT2D eigenvalue weighted by Gasteiger charge is -2.11. The van der Waals surface area contributed by atoms with Crippen LogP contribution in [0, 0.1) is 0 Å². The lowest BCUT2D eigenvalue weighted by molar-refractivity contribution is -0.137. The highest BCUT2D eigenvalue weighted by molar-refractivity contribution is 7.07. The number of alkyl halides is 3. The van der Waals surface area contributed by atoms with Gasteiger partial charge in [-0.15, -0.1) is 5.10 Å². The topological polar surface area (TPSA) is 67.8 Å². The molecule has 122 valence electrons. The van der Waals surface area contributed by atoms with E-state index in [2.05, 4.69) is 19.9 Å². The van der Waals surface area contributed by atoms with Crippen molar-refractivity contribution < 1.29 is 18.0 Å². The second-order valence-electron chi connectivity index (χ2n) is 4.73. The van der Waals surface area contributed by atoms with Gasteiger partial charge in [0.1, 0.15) is 4.88 Å². The van der Waals surface area contributed by atoms with Gasteiger partial charge in [0.2, 0.25) is 0 Å². The number of rotatable bonds is 3. The molecule has 0 saturated carbocycles. The minimum Gasteiger partial charge on any atom is -0.319 e. The number of nitrogens with zero attached hydrogens (tertiary/aromatic N) is 3. The lowest BCUT2D eigenvalue weighted by Crippen LogP contribution is -2.11. The first-order valence-electron chi connectivity index (χ1n) is 6.65. The number of aromatic nitrogens is 3. The molecule has 0 saturated heterocycles. The van der Waals surface area contributed by atoms with E-state index < -0.39 is 17.6 Å². The summed E-state index contributed by atoms with van der Waals surface area (Å²) in [5.74, 6) is -0.411. The van der Waals surface area contributed by atoms with Crippen LogP contribution >= 0.6 is 11.5 Å². The van der Waals surface area contributed by atoms with Gasteiger partial charge in [-0.3, -0.25) is 9.78 Å². The molecule has 2 aromatic heterocycles. The maximum Gasteiger partial charge on any atom is 0.416 e. The van der Waals surface area contributed by atoms with Crippen LogP contribution in [-0.4, -0.2) is 20.5 Å². The van der Waals surface area contributed by atoms with Crippen molar-refractivity contribution in [1.29, 1.82) is 0 Å². The molecule has 9 heteroatoms.